The van der Waals surface area contributed by atoms with Crippen molar-refractivity contribution in [1.29, 1.82) is 0 Å². The normalized spacial score (nSPS) is 19.7. The number of carbonyl (C=O) groups excluding carboxylic acids is 1. The van der Waals surface area contributed by atoms with Gasteiger partial charge in [-0.1, -0.05) is 29.4 Å². The fourth-order valence-electron chi connectivity index (χ4n) is 4.82. The fourth-order valence-corrected chi connectivity index (χ4v) is 4.82. The minimum absolute atomic E-state index is 0.142. The number of ether oxygens (including phenoxy) is 1. The van der Waals surface area contributed by atoms with E-state index in [9.17, 15) is 4.79 Å². The molecule has 4 heterocycles. The SMILES string of the molecule is Cc1ccc(-c2cccc([C@@H]3COC4(CCN(C(=O)Nc5onc(C)c5C)CC4)C3)c2)nc1. The number of nitrogens with one attached hydrogen (secondary N) is 1. The standard InChI is InChI=1S/C26H30N4O3/c1-17-7-8-23(27-15-17)21-6-4-5-20(13-21)22-14-26(32-16-22)9-11-30(12-10-26)25(31)28-24-18(2)19(3)29-33-24/h4-8,13,15,22H,9-12,14,16H2,1-3H3,(H,28,31)/t22-/m0/s1. The van der Waals surface area contributed by atoms with Crippen molar-refractivity contribution in [2.75, 3.05) is 25.0 Å². The van der Waals surface area contributed by atoms with Crippen molar-refractivity contribution in [3.05, 3.63) is 65.0 Å². The molecule has 2 fully saturated rings. The van der Waals surface area contributed by atoms with Gasteiger partial charge in [0.2, 0.25) is 5.88 Å². The highest BCUT2D eigenvalue weighted by molar-refractivity contribution is 5.88. The molecule has 0 unspecified atom stereocenters. The molecule has 1 spiro atoms. The third-order valence-electron chi connectivity index (χ3n) is 7.11. The molecule has 172 valence electrons. The lowest BCUT2D eigenvalue weighted by Gasteiger charge is -2.38. The zero-order valence-corrected chi connectivity index (χ0v) is 19.4. The van der Waals surface area contributed by atoms with Gasteiger partial charge in [0, 0.05) is 36.3 Å². The maximum Gasteiger partial charge on any atom is 0.324 e. The maximum absolute atomic E-state index is 12.7. The largest absolute Gasteiger partial charge is 0.374 e. The number of aryl methyl sites for hydroxylation is 2. The fraction of sp³-hybridized carbons (Fsp3) is 0.423. The van der Waals surface area contributed by atoms with E-state index in [2.05, 4.69) is 51.9 Å². The van der Waals surface area contributed by atoms with Gasteiger partial charge in [-0.2, -0.15) is 0 Å². The van der Waals surface area contributed by atoms with Gasteiger partial charge in [0.15, 0.2) is 0 Å². The number of carbonyl (C=O) groups is 1. The highest BCUT2D eigenvalue weighted by Gasteiger charge is 2.44. The molecular formula is C26H30N4O3. The van der Waals surface area contributed by atoms with Crippen LogP contribution in [0.4, 0.5) is 10.7 Å². The number of urea groups is 1. The van der Waals surface area contributed by atoms with E-state index in [1.165, 1.54) is 5.56 Å². The summed E-state index contributed by atoms with van der Waals surface area (Å²) in [5.41, 5.74) is 6.08. The molecule has 0 saturated carbocycles. The molecule has 7 heteroatoms. The van der Waals surface area contributed by atoms with E-state index in [1.54, 1.807) is 0 Å². The Bertz CT molecular complexity index is 1150. The third-order valence-corrected chi connectivity index (χ3v) is 7.11. The lowest BCUT2D eigenvalue weighted by atomic mass is 9.83. The van der Waals surface area contributed by atoms with Crippen molar-refractivity contribution < 1.29 is 14.1 Å². The molecule has 2 amide bonds. The number of hydrogen-bond donors (Lipinski definition) is 1. The summed E-state index contributed by atoms with van der Waals surface area (Å²) < 4.78 is 11.6. The average molecular weight is 447 g/mol. The molecule has 0 bridgehead atoms. The molecular weight excluding hydrogens is 416 g/mol. The first kappa shape index (κ1) is 21.6. The predicted octanol–water partition coefficient (Wildman–Crippen LogP) is 5.23. The molecule has 0 radical (unpaired) electrons. The molecule has 7 nitrogen and oxygen atoms in total. The number of benzene rings is 1. The van der Waals surface area contributed by atoms with Crippen LogP contribution < -0.4 is 5.32 Å². The number of likely N-dealkylation sites (tertiary alicyclic amines) is 1. The van der Waals surface area contributed by atoms with Crippen LogP contribution in [0, 0.1) is 20.8 Å². The average Bonchev–Trinajstić information content (AvgIpc) is 3.39. The topological polar surface area (TPSA) is 80.5 Å². The van der Waals surface area contributed by atoms with Gasteiger partial charge in [0.1, 0.15) is 0 Å². The van der Waals surface area contributed by atoms with Crippen LogP contribution in [0.2, 0.25) is 0 Å². The van der Waals surface area contributed by atoms with Crippen molar-refractivity contribution in [1.82, 2.24) is 15.0 Å². The Labute approximate surface area is 194 Å². The Kier molecular flexibility index (Phi) is 5.66. The van der Waals surface area contributed by atoms with Gasteiger partial charge in [0.25, 0.3) is 0 Å². The monoisotopic (exact) mass is 446 g/mol. The number of nitrogens with zero attached hydrogens (tertiary/aromatic N) is 3. The number of pyridine rings is 1. The first-order valence-electron chi connectivity index (χ1n) is 11.6. The summed E-state index contributed by atoms with van der Waals surface area (Å²) in [6.07, 6.45) is 4.56. The molecule has 1 aromatic carbocycles. The van der Waals surface area contributed by atoms with E-state index in [0.717, 1.165) is 47.3 Å². The summed E-state index contributed by atoms with van der Waals surface area (Å²) in [5.74, 6) is 0.786. The van der Waals surface area contributed by atoms with Crippen molar-refractivity contribution in [3.8, 4) is 11.3 Å². The van der Waals surface area contributed by atoms with Gasteiger partial charge in [-0.25, -0.2) is 4.79 Å². The van der Waals surface area contributed by atoms with Gasteiger partial charge < -0.3 is 14.2 Å². The summed E-state index contributed by atoms with van der Waals surface area (Å²) in [4.78, 5) is 19.1. The van der Waals surface area contributed by atoms with E-state index in [0.29, 0.717) is 31.5 Å². The molecule has 0 aliphatic carbocycles. The predicted molar refractivity (Wildman–Crippen MR) is 126 cm³/mol. The van der Waals surface area contributed by atoms with E-state index >= 15 is 0 Å². The third kappa shape index (κ3) is 4.37. The zero-order valence-electron chi connectivity index (χ0n) is 19.4. The minimum atomic E-state index is -0.154. The molecule has 1 atom stereocenters. The second-order valence-electron chi connectivity index (χ2n) is 9.38. The minimum Gasteiger partial charge on any atom is -0.374 e. The second-order valence-corrected chi connectivity index (χ2v) is 9.38. The Morgan fingerprint density at radius 1 is 1.15 bits per heavy atom. The van der Waals surface area contributed by atoms with E-state index in [-0.39, 0.29) is 11.6 Å². The first-order valence-corrected chi connectivity index (χ1v) is 11.6. The summed E-state index contributed by atoms with van der Waals surface area (Å²) in [5, 5.41) is 6.76. The lowest BCUT2D eigenvalue weighted by Crippen LogP contribution is -2.47. The van der Waals surface area contributed by atoms with Crippen molar-refractivity contribution in [2.24, 2.45) is 0 Å². The van der Waals surface area contributed by atoms with Crippen molar-refractivity contribution in [2.45, 2.75) is 51.6 Å². The molecule has 2 saturated heterocycles. The molecule has 5 rings (SSSR count). The number of piperidine rings is 1. The number of anilines is 1. The highest BCUT2D eigenvalue weighted by Crippen LogP contribution is 2.43. The first-order chi connectivity index (χ1) is 15.9. The van der Waals surface area contributed by atoms with Crippen LogP contribution in [0.5, 0.6) is 0 Å². The summed E-state index contributed by atoms with van der Waals surface area (Å²) in [7, 11) is 0. The number of hydrogen-bond acceptors (Lipinski definition) is 5. The van der Waals surface area contributed by atoms with E-state index in [4.69, 9.17) is 9.26 Å². The Balaban J connectivity index is 1.21. The maximum atomic E-state index is 12.7. The van der Waals surface area contributed by atoms with Crippen LogP contribution in [-0.4, -0.2) is 46.4 Å². The van der Waals surface area contributed by atoms with Gasteiger partial charge in [-0.05, 0) is 63.3 Å². The van der Waals surface area contributed by atoms with Crippen molar-refractivity contribution >= 4 is 11.9 Å². The number of rotatable bonds is 3. The van der Waals surface area contributed by atoms with Crippen LogP contribution in [0.15, 0.2) is 47.1 Å². The summed E-state index contributed by atoms with van der Waals surface area (Å²) in [6, 6.07) is 12.7. The van der Waals surface area contributed by atoms with Gasteiger partial charge in [-0.3, -0.25) is 10.3 Å². The second kappa shape index (κ2) is 8.63. The molecule has 2 aliphatic rings. The van der Waals surface area contributed by atoms with Crippen LogP contribution in [0.1, 0.15) is 47.6 Å². The molecule has 1 N–H and O–H groups in total. The Hall–Kier alpha value is -3.19. The molecule has 2 aromatic heterocycles. The quantitative estimate of drug-likeness (QED) is 0.596. The van der Waals surface area contributed by atoms with Crippen molar-refractivity contribution in [3.63, 3.8) is 0 Å². The number of amides is 2. The van der Waals surface area contributed by atoms with Gasteiger partial charge in [-0.15, -0.1) is 0 Å². The Morgan fingerprint density at radius 3 is 2.67 bits per heavy atom. The smallest absolute Gasteiger partial charge is 0.324 e. The molecule has 33 heavy (non-hydrogen) atoms. The molecule has 2 aliphatic heterocycles. The highest BCUT2D eigenvalue weighted by atomic mass is 16.5. The number of aromatic nitrogens is 2. The van der Waals surface area contributed by atoms with Crippen LogP contribution >= 0.6 is 0 Å². The zero-order chi connectivity index (χ0) is 23.0. The van der Waals surface area contributed by atoms with Crippen LogP contribution in [0.3, 0.4) is 0 Å². The van der Waals surface area contributed by atoms with Gasteiger partial charge >= 0.3 is 6.03 Å². The van der Waals surface area contributed by atoms with Crippen LogP contribution in [0.25, 0.3) is 11.3 Å². The van der Waals surface area contributed by atoms with Crippen LogP contribution in [-0.2, 0) is 4.74 Å². The summed E-state index contributed by atoms with van der Waals surface area (Å²) >= 11 is 0. The van der Waals surface area contributed by atoms with Gasteiger partial charge in [0.05, 0.1) is 23.6 Å². The lowest BCUT2D eigenvalue weighted by molar-refractivity contribution is -0.0355. The molecule has 3 aromatic rings. The summed E-state index contributed by atoms with van der Waals surface area (Å²) in [6.45, 7) is 7.85. The van der Waals surface area contributed by atoms with E-state index < -0.39 is 0 Å². The van der Waals surface area contributed by atoms with E-state index in [1.807, 2.05) is 31.9 Å². The Morgan fingerprint density at radius 2 is 1.97 bits per heavy atom.